The van der Waals surface area contributed by atoms with Gasteiger partial charge in [0.25, 0.3) is 0 Å². The lowest BCUT2D eigenvalue weighted by molar-refractivity contribution is -0.135. The molecule has 7 heteroatoms. The molecule has 1 atom stereocenters. The van der Waals surface area contributed by atoms with Crippen LogP contribution in [0.15, 0.2) is 54.6 Å². The molecular formula is C27H29ClN4O2. The van der Waals surface area contributed by atoms with Crippen LogP contribution >= 0.6 is 11.6 Å². The van der Waals surface area contributed by atoms with Crippen LogP contribution in [0.4, 0.5) is 5.82 Å². The Morgan fingerprint density at radius 2 is 1.76 bits per heavy atom. The average molecular weight is 477 g/mol. The molecular weight excluding hydrogens is 448 g/mol. The van der Waals surface area contributed by atoms with Gasteiger partial charge in [-0.1, -0.05) is 54.1 Å². The summed E-state index contributed by atoms with van der Waals surface area (Å²) in [5.74, 6) is 1.92. The second kappa shape index (κ2) is 10.1. The fourth-order valence-corrected chi connectivity index (χ4v) is 4.82. The first-order valence-corrected chi connectivity index (χ1v) is 12.2. The van der Waals surface area contributed by atoms with E-state index in [0.717, 1.165) is 59.4 Å². The highest BCUT2D eigenvalue weighted by Crippen LogP contribution is 2.29. The van der Waals surface area contributed by atoms with E-state index < -0.39 is 0 Å². The zero-order valence-corrected chi connectivity index (χ0v) is 20.2. The molecule has 2 aromatic carbocycles. The smallest absolute Gasteiger partial charge is 0.228 e. The Morgan fingerprint density at radius 1 is 1.03 bits per heavy atom. The van der Waals surface area contributed by atoms with Crippen molar-refractivity contribution in [2.45, 2.75) is 19.8 Å². The normalized spacial score (nSPS) is 18.4. The van der Waals surface area contributed by atoms with E-state index in [1.54, 1.807) is 0 Å². The van der Waals surface area contributed by atoms with Gasteiger partial charge in [-0.25, -0.2) is 9.97 Å². The highest BCUT2D eigenvalue weighted by Gasteiger charge is 2.31. The third-order valence-electron chi connectivity index (χ3n) is 6.69. The summed E-state index contributed by atoms with van der Waals surface area (Å²) < 4.78 is 5.42. The van der Waals surface area contributed by atoms with Gasteiger partial charge < -0.3 is 14.5 Å². The van der Waals surface area contributed by atoms with Crippen LogP contribution in [0.2, 0.25) is 5.02 Å². The van der Waals surface area contributed by atoms with Gasteiger partial charge in [-0.15, -0.1) is 0 Å². The summed E-state index contributed by atoms with van der Waals surface area (Å²) in [6.07, 6.45) is 1.56. The van der Waals surface area contributed by atoms with E-state index in [1.165, 1.54) is 5.56 Å². The van der Waals surface area contributed by atoms with Crippen LogP contribution in [0, 0.1) is 12.8 Å². The molecule has 34 heavy (non-hydrogen) atoms. The van der Waals surface area contributed by atoms with E-state index in [1.807, 2.05) is 47.4 Å². The van der Waals surface area contributed by atoms with Crippen molar-refractivity contribution in [1.82, 2.24) is 14.9 Å². The van der Waals surface area contributed by atoms with E-state index >= 15 is 0 Å². The molecule has 2 aliphatic heterocycles. The molecule has 2 fully saturated rings. The second-order valence-electron chi connectivity index (χ2n) is 8.98. The molecule has 0 radical (unpaired) electrons. The van der Waals surface area contributed by atoms with E-state index in [0.29, 0.717) is 26.3 Å². The van der Waals surface area contributed by atoms with Crippen molar-refractivity contribution in [2.75, 3.05) is 44.3 Å². The Balaban J connectivity index is 1.43. The van der Waals surface area contributed by atoms with Gasteiger partial charge in [-0.3, -0.25) is 4.79 Å². The van der Waals surface area contributed by atoms with Crippen molar-refractivity contribution < 1.29 is 9.53 Å². The van der Waals surface area contributed by atoms with Gasteiger partial charge >= 0.3 is 0 Å². The third-order valence-corrected chi connectivity index (χ3v) is 6.94. The molecule has 176 valence electrons. The summed E-state index contributed by atoms with van der Waals surface area (Å²) in [5.41, 5.74) is 4.26. The topological polar surface area (TPSA) is 58.6 Å². The van der Waals surface area contributed by atoms with Gasteiger partial charge in [0.2, 0.25) is 5.91 Å². The first-order valence-electron chi connectivity index (χ1n) is 11.9. The van der Waals surface area contributed by atoms with Gasteiger partial charge in [0.1, 0.15) is 5.82 Å². The van der Waals surface area contributed by atoms with Crippen molar-refractivity contribution in [3.05, 3.63) is 76.4 Å². The van der Waals surface area contributed by atoms with Crippen LogP contribution in [-0.2, 0) is 16.0 Å². The lowest BCUT2D eigenvalue weighted by atomic mass is 10.0. The average Bonchev–Trinajstić information content (AvgIpc) is 3.42. The summed E-state index contributed by atoms with van der Waals surface area (Å²) in [6.45, 7) is 6.18. The van der Waals surface area contributed by atoms with Crippen molar-refractivity contribution in [1.29, 1.82) is 0 Å². The predicted octanol–water partition coefficient (Wildman–Crippen LogP) is 4.38. The number of rotatable bonds is 5. The maximum atomic E-state index is 12.9. The molecule has 0 unspecified atom stereocenters. The number of halogens is 1. The number of hydrogen-bond acceptors (Lipinski definition) is 5. The number of aryl methyl sites for hydroxylation is 1. The lowest BCUT2D eigenvalue weighted by Gasteiger charge is -2.37. The van der Waals surface area contributed by atoms with Crippen molar-refractivity contribution >= 4 is 23.3 Å². The zero-order chi connectivity index (χ0) is 23.5. The van der Waals surface area contributed by atoms with E-state index in [2.05, 4.69) is 24.0 Å². The SMILES string of the molecule is Cc1nc(-c2ccccc2)nc(N2CCN(C(=O)[C@H]3CCOC3)CC2)c1Cc1ccc(Cl)cc1. The Hall–Kier alpha value is -2.96. The molecule has 0 aliphatic carbocycles. The van der Waals surface area contributed by atoms with Crippen LogP contribution in [0.5, 0.6) is 0 Å². The van der Waals surface area contributed by atoms with Gasteiger partial charge in [0.15, 0.2) is 5.82 Å². The minimum Gasteiger partial charge on any atom is -0.381 e. The number of piperazine rings is 1. The molecule has 3 aromatic rings. The second-order valence-corrected chi connectivity index (χ2v) is 9.41. The predicted molar refractivity (Wildman–Crippen MR) is 134 cm³/mol. The molecule has 2 saturated heterocycles. The third kappa shape index (κ3) is 4.93. The number of carbonyl (C=O) groups is 1. The first kappa shape index (κ1) is 22.8. The summed E-state index contributed by atoms with van der Waals surface area (Å²) >= 11 is 6.10. The molecule has 2 aliphatic rings. The van der Waals surface area contributed by atoms with Crippen molar-refractivity contribution in [2.24, 2.45) is 5.92 Å². The molecule has 3 heterocycles. The molecule has 5 rings (SSSR count). The number of aromatic nitrogens is 2. The van der Waals surface area contributed by atoms with Crippen LogP contribution in [0.1, 0.15) is 23.2 Å². The molecule has 6 nitrogen and oxygen atoms in total. The van der Waals surface area contributed by atoms with Gasteiger partial charge in [-0.05, 0) is 31.0 Å². The van der Waals surface area contributed by atoms with Gasteiger partial charge in [-0.2, -0.15) is 0 Å². The number of hydrogen-bond donors (Lipinski definition) is 0. The Kier molecular flexibility index (Phi) is 6.79. The largest absolute Gasteiger partial charge is 0.381 e. The number of amides is 1. The molecule has 0 saturated carbocycles. The van der Waals surface area contributed by atoms with Crippen LogP contribution in [0.3, 0.4) is 0 Å². The summed E-state index contributed by atoms with van der Waals surface area (Å²) in [7, 11) is 0. The Bertz CT molecular complexity index is 1140. The van der Waals surface area contributed by atoms with Crippen LogP contribution in [-0.4, -0.2) is 60.2 Å². The zero-order valence-electron chi connectivity index (χ0n) is 19.4. The summed E-state index contributed by atoms with van der Waals surface area (Å²) in [5, 5.41) is 0.727. The minimum absolute atomic E-state index is 0.0120. The van der Waals surface area contributed by atoms with Crippen LogP contribution in [0.25, 0.3) is 11.4 Å². The summed E-state index contributed by atoms with van der Waals surface area (Å²) in [6, 6.07) is 18.0. The highest BCUT2D eigenvalue weighted by atomic mass is 35.5. The van der Waals surface area contributed by atoms with E-state index in [9.17, 15) is 4.79 Å². The van der Waals surface area contributed by atoms with Crippen LogP contribution < -0.4 is 4.90 Å². The Morgan fingerprint density at radius 3 is 2.44 bits per heavy atom. The molecule has 1 amide bonds. The molecule has 1 aromatic heterocycles. The van der Waals surface area contributed by atoms with Gasteiger partial charge in [0, 0.05) is 61.1 Å². The molecule has 0 N–H and O–H groups in total. The number of nitrogens with zero attached hydrogens (tertiary/aromatic N) is 4. The fourth-order valence-electron chi connectivity index (χ4n) is 4.70. The number of ether oxygens (including phenoxy) is 1. The number of benzene rings is 2. The summed E-state index contributed by atoms with van der Waals surface area (Å²) in [4.78, 5) is 27.1. The minimum atomic E-state index is 0.0120. The Labute approximate surface area is 205 Å². The van der Waals surface area contributed by atoms with Crippen molar-refractivity contribution in [3.8, 4) is 11.4 Å². The standard InChI is InChI=1S/C27H29ClN4O2/c1-19-24(17-20-7-9-23(28)10-8-20)26(30-25(29-19)21-5-3-2-4-6-21)31-12-14-32(15-13-31)27(33)22-11-16-34-18-22/h2-10,22H,11-18H2,1H3/t22-/m0/s1. The quantitative estimate of drug-likeness (QED) is 0.547. The van der Waals surface area contributed by atoms with Gasteiger partial charge in [0.05, 0.1) is 12.5 Å². The van der Waals surface area contributed by atoms with E-state index in [-0.39, 0.29) is 11.8 Å². The lowest BCUT2D eigenvalue weighted by Crippen LogP contribution is -2.51. The monoisotopic (exact) mass is 476 g/mol. The van der Waals surface area contributed by atoms with Crippen molar-refractivity contribution in [3.63, 3.8) is 0 Å². The fraction of sp³-hybridized carbons (Fsp3) is 0.370. The number of anilines is 1. The molecule has 0 bridgehead atoms. The maximum absolute atomic E-state index is 12.9. The first-order chi connectivity index (χ1) is 16.6. The molecule has 0 spiro atoms. The highest BCUT2D eigenvalue weighted by molar-refractivity contribution is 6.30. The maximum Gasteiger partial charge on any atom is 0.228 e. The van der Waals surface area contributed by atoms with E-state index in [4.69, 9.17) is 26.3 Å². The number of carbonyl (C=O) groups excluding carboxylic acids is 1.